The number of nitrogens with one attached hydrogen (secondary N) is 1. The van der Waals surface area contributed by atoms with Crippen LogP contribution in [-0.4, -0.2) is 29.1 Å². The van der Waals surface area contributed by atoms with Gasteiger partial charge in [-0.3, -0.25) is 4.79 Å². The molecule has 2 rings (SSSR count). The van der Waals surface area contributed by atoms with Gasteiger partial charge >= 0.3 is 0 Å². The number of aryl methyl sites for hydroxylation is 1. The Morgan fingerprint density at radius 2 is 2.50 bits per heavy atom. The molecule has 1 aromatic rings. The number of hydrogen-bond donors (Lipinski definition) is 2. The number of anilines is 1. The highest BCUT2D eigenvalue weighted by atomic mass is 16.1. The molecule has 16 heavy (non-hydrogen) atoms. The van der Waals surface area contributed by atoms with Crippen molar-refractivity contribution in [1.29, 1.82) is 0 Å². The van der Waals surface area contributed by atoms with Crippen molar-refractivity contribution in [2.24, 2.45) is 5.73 Å². The van der Waals surface area contributed by atoms with Crippen LogP contribution in [0.2, 0.25) is 0 Å². The van der Waals surface area contributed by atoms with E-state index in [1.54, 1.807) is 6.07 Å². The van der Waals surface area contributed by atoms with Gasteiger partial charge < -0.3 is 15.6 Å². The van der Waals surface area contributed by atoms with E-state index in [0.717, 1.165) is 37.4 Å². The van der Waals surface area contributed by atoms with Crippen molar-refractivity contribution in [3.05, 3.63) is 22.2 Å². The summed E-state index contributed by atoms with van der Waals surface area (Å²) in [5, 5.41) is 0. The maximum atomic E-state index is 11.5. The van der Waals surface area contributed by atoms with Gasteiger partial charge in [-0.2, -0.15) is 0 Å². The first kappa shape index (κ1) is 11.1. The summed E-state index contributed by atoms with van der Waals surface area (Å²) in [6.45, 7) is 3.55. The van der Waals surface area contributed by atoms with E-state index in [1.807, 2.05) is 6.92 Å². The highest BCUT2D eigenvalue weighted by Crippen LogP contribution is 2.21. The third-order valence-corrected chi connectivity index (χ3v) is 3.06. The molecule has 1 atom stereocenters. The topological polar surface area (TPSA) is 75.0 Å². The monoisotopic (exact) mass is 222 g/mol. The lowest BCUT2D eigenvalue weighted by Gasteiger charge is -2.24. The number of aromatic amines is 1. The van der Waals surface area contributed by atoms with E-state index in [4.69, 9.17) is 5.73 Å². The summed E-state index contributed by atoms with van der Waals surface area (Å²) in [6.07, 6.45) is 2.95. The number of aromatic nitrogens is 2. The molecule has 0 aromatic carbocycles. The zero-order chi connectivity index (χ0) is 11.5. The maximum absolute atomic E-state index is 11.5. The fraction of sp³-hybridized carbons (Fsp3) is 0.636. The van der Waals surface area contributed by atoms with Crippen LogP contribution in [0.3, 0.4) is 0 Å². The number of hydrogen-bond acceptors (Lipinski definition) is 4. The van der Waals surface area contributed by atoms with Gasteiger partial charge in [-0.05, 0) is 12.8 Å². The Hall–Kier alpha value is -1.36. The van der Waals surface area contributed by atoms with Crippen molar-refractivity contribution in [2.45, 2.75) is 32.2 Å². The van der Waals surface area contributed by atoms with Gasteiger partial charge in [0.1, 0.15) is 11.6 Å². The lowest BCUT2D eigenvalue weighted by atomic mass is 10.2. The zero-order valence-corrected chi connectivity index (χ0v) is 9.57. The van der Waals surface area contributed by atoms with Gasteiger partial charge in [0.05, 0.1) is 0 Å². The first-order chi connectivity index (χ1) is 7.74. The Kier molecular flexibility index (Phi) is 3.24. The molecule has 5 nitrogen and oxygen atoms in total. The van der Waals surface area contributed by atoms with Crippen molar-refractivity contribution in [2.75, 3.05) is 18.0 Å². The minimum absolute atomic E-state index is 0.0791. The van der Waals surface area contributed by atoms with E-state index < -0.39 is 0 Å². The Labute approximate surface area is 94.7 Å². The Morgan fingerprint density at radius 3 is 3.19 bits per heavy atom. The highest BCUT2D eigenvalue weighted by molar-refractivity contribution is 5.40. The third kappa shape index (κ3) is 2.09. The minimum atomic E-state index is -0.0791. The molecule has 0 spiro atoms. The second kappa shape index (κ2) is 4.65. The average Bonchev–Trinajstić information content (AvgIpc) is 2.76. The van der Waals surface area contributed by atoms with Gasteiger partial charge in [-0.1, -0.05) is 6.92 Å². The summed E-state index contributed by atoms with van der Waals surface area (Å²) in [5.41, 5.74) is 5.64. The molecular formula is C11H18N4O. The van der Waals surface area contributed by atoms with Crippen molar-refractivity contribution < 1.29 is 0 Å². The molecule has 1 aliphatic heterocycles. The summed E-state index contributed by atoms with van der Waals surface area (Å²) in [5.74, 6) is 1.51. The predicted octanol–water partition coefficient (Wildman–Crippen LogP) is 0.260. The van der Waals surface area contributed by atoms with Crippen LogP contribution in [0.15, 0.2) is 10.9 Å². The molecule has 0 radical (unpaired) electrons. The van der Waals surface area contributed by atoms with Crippen LogP contribution >= 0.6 is 0 Å². The first-order valence-electron chi connectivity index (χ1n) is 5.81. The van der Waals surface area contributed by atoms with Crippen molar-refractivity contribution in [3.8, 4) is 0 Å². The van der Waals surface area contributed by atoms with Crippen LogP contribution in [0, 0.1) is 0 Å². The predicted molar refractivity (Wildman–Crippen MR) is 63.7 cm³/mol. The van der Waals surface area contributed by atoms with Gasteiger partial charge in [0.15, 0.2) is 0 Å². The summed E-state index contributed by atoms with van der Waals surface area (Å²) in [7, 11) is 0. The van der Waals surface area contributed by atoms with Gasteiger partial charge in [0, 0.05) is 31.6 Å². The number of nitrogens with two attached hydrogens (primary N) is 1. The number of nitrogens with zero attached hydrogens (tertiary/aromatic N) is 2. The minimum Gasteiger partial charge on any atom is -0.352 e. The lowest BCUT2D eigenvalue weighted by molar-refractivity contribution is 0.668. The zero-order valence-electron chi connectivity index (χ0n) is 9.57. The molecule has 1 aliphatic rings. The molecule has 1 fully saturated rings. The molecule has 2 heterocycles. The van der Waals surface area contributed by atoms with E-state index >= 15 is 0 Å². The Bertz CT molecular complexity index is 415. The van der Waals surface area contributed by atoms with E-state index in [0.29, 0.717) is 12.6 Å². The first-order valence-corrected chi connectivity index (χ1v) is 5.81. The van der Waals surface area contributed by atoms with Gasteiger partial charge in [0.25, 0.3) is 5.56 Å². The summed E-state index contributed by atoms with van der Waals surface area (Å²) < 4.78 is 0. The average molecular weight is 222 g/mol. The summed E-state index contributed by atoms with van der Waals surface area (Å²) in [4.78, 5) is 20.8. The molecule has 1 unspecified atom stereocenters. The molecule has 0 saturated carbocycles. The van der Waals surface area contributed by atoms with Crippen molar-refractivity contribution in [1.82, 2.24) is 9.97 Å². The maximum Gasteiger partial charge on any atom is 0.252 e. The van der Waals surface area contributed by atoms with Crippen LogP contribution in [0.25, 0.3) is 0 Å². The van der Waals surface area contributed by atoms with Gasteiger partial charge in [-0.25, -0.2) is 4.98 Å². The fourth-order valence-corrected chi connectivity index (χ4v) is 2.19. The SMILES string of the molecule is CCc1nc(N2CCCC2CN)cc(=O)[nH]1. The molecule has 88 valence electrons. The molecule has 5 heteroatoms. The van der Waals surface area contributed by atoms with Crippen LogP contribution < -0.4 is 16.2 Å². The molecule has 0 amide bonds. The number of rotatable bonds is 3. The molecule has 0 aliphatic carbocycles. The van der Waals surface area contributed by atoms with E-state index in [-0.39, 0.29) is 5.56 Å². The van der Waals surface area contributed by atoms with E-state index in [2.05, 4.69) is 14.9 Å². The Balaban J connectivity index is 2.32. The lowest BCUT2D eigenvalue weighted by Crippen LogP contribution is -2.36. The molecule has 3 N–H and O–H groups in total. The molecule has 1 saturated heterocycles. The van der Waals surface area contributed by atoms with E-state index in [1.165, 1.54) is 0 Å². The van der Waals surface area contributed by atoms with Crippen LogP contribution in [0.4, 0.5) is 5.82 Å². The van der Waals surface area contributed by atoms with Crippen LogP contribution in [0.1, 0.15) is 25.6 Å². The quantitative estimate of drug-likeness (QED) is 0.769. The molecular weight excluding hydrogens is 204 g/mol. The van der Waals surface area contributed by atoms with Gasteiger partial charge in [0.2, 0.25) is 0 Å². The molecule has 1 aromatic heterocycles. The third-order valence-electron chi connectivity index (χ3n) is 3.06. The van der Waals surface area contributed by atoms with Crippen molar-refractivity contribution in [3.63, 3.8) is 0 Å². The van der Waals surface area contributed by atoms with Crippen LogP contribution in [0.5, 0.6) is 0 Å². The normalized spacial score (nSPS) is 20.4. The summed E-state index contributed by atoms with van der Waals surface area (Å²) in [6, 6.07) is 1.90. The second-order valence-electron chi connectivity index (χ2n) is 4.13. The van der Waals surface area contributed by atoms with Crippen molar-refractivity contribution >= 4 is 5.82 Å². The molecule has 0 bridgehead atoms. The summed E-state index contributed by atoms with van der Waals surface area (Å²) >= 11 is 0. The standard InChI is InChI=1S/C11H18N4O/c1-2-9-13-10(6-11(16)14-9)15-5-3-4-8(15)7-12/h6,8H,2-5,7,12H2,1H3,(H,13,14,16). The number of H-pyrrole nitrogens is 1. The Morgan fingerprint density at radius 1 is 1.69 bits per heavy atom. The largest absolute Gasteiger partial charge is 0.352 e. The smallest absolute Gasteiger partial charge is 0.252 e. The van der Waals surface area contributed by atoms with E-state index in [9.17, 15) is 4.79 Å². The second-order valence-corrected chi connectivity index (χ2v) is 4.13. The fourth-order valence-electron chi connectivity index (χ4n) is 2.19. The van der Waals surface area contributed by atoms with Crippen LogP contribution in [-0.2, 0) is 6.42 Å². The van der Waals surface area contributed by atoms with Gasteiger partial charge in [-0.15, -0.1) is 0 Å². The highest BCUT2D eigenvalue weighted by Gasteiger charge is 2.24.